The average Bonchev–Trinajstić information content (AvgIpc) is 2.89. The third-order valence-electron chi connectivity index (χ3n) is 3.06. The van der Waals surface area contributed by atoms with Crippen molar-refractivity contribution >= 4 is 33.3 Å². The van der Waals surface area contributed by atoms with Gasteiger partial charge in [-0.3, -0.25) is 4.98 Å². The number of pyridine rings is 1. The Morgan fingerprint density at radius 2 is 2.25 bits per heavy atom. The molecule has 0 aromatic carbocycles. The molecule has 4 nitrogen and oxygen atoms in total. The molecule has 106 valence electrons. The van der Waals surface area contributed by atoms with E-state index in [0.29, 0.717) is 6.54 Å². The van der Waals surface area contributed by atoms with Gasteiger partial charge in [0.2, 0.25) is 0 Å². The van der Waals surface area contributed by atoms with Crippen LogP contribution in [-0.4, -0.2) is 23.0 Å². The number of halogens is 1. The van der Waals surface area contributed by atoms with E-state index in [2.05, 4.69) is 26.2 Å². The number of carbonyl (C=O) groups excluding carboxylic acids is 1. The minimum atomic E-state index is -0.104. The molecule has 2 aromatic heterocycles. The third kappa shape index (κ3) is 3.80. The van der Waals surface area contributed by atoms with Gasteiger partial charge in [-0.25, -0.2) is 4.79 Å². The summed E-state index contributed by atoms with van der Waals surface area (Å²) in [6, 6.07) is 9.52. The summed E-state index contributed by atoms with van der Waals surface area (Å²) in [5, 5.41) is 2.91. The van der Waals surface area contributed by atoms with Gasteiger partial charge in [0.05, 0.1) is 22.1 Å². The molecule has 6 heteroatoms. The second-order valence-corrected chi connectivity index (χ2v) is 6.95. The van der Waals surface area contributed by atoms with E-state index in [9.17, 15) is 4.79 Å². The highest BCUT2D eigenvalue weighted by molar-refractivity contribution is 9.11. The molecule has 2 heterocycles. The molecule has 1 atom stereocenters. The van der Waals surface area contributed by atoms with Crippen molar-refractivity contribution in [3.63, 3.8) is 0 Å². The molecule has 0 saturated carbocycles. The van der Waals surface area contributed by atoms with Crippen molar-refractivity contribution in [3.05, 3.63) is 50.9 Å². The van der Waals surface area contributed by atoms with E-state index in [0.717, 1.165) is 14.4 Å². The van der Waals surface area contributed by atoms with Gasteiger partial charge in [-0.2, -0.15) is 0 Å². The lowest BCUT2D eigenvalue weighted by molar-refractivity contribution is 0.193. The maximum Gasteiger partial charge on any atom is 0.317 e. The van der Waals surface area contributed by atoms with Crippen LogP contribution in [0.2, 0.25) is 0 Å². The molecule has 0 aliphatic carbocycles. The Kier molecular flexibility index (Phi) is 5.14. The number of nitrogens with zero attached hydrogens (tertiary/aromatic N) is 2. The normalized spacial score (nSPS) is 11.9. The molecule has 0 saturated heterocycles. The highest BCUT2D eigenvalue weighted by Gasteiger charge is 2.17. The molecule has 0 fully saturated rings. The van der Waals surface area contributed by atoms with Crippen molar-refractivity contribution in [1.82, 2.24) is 15.2 Å². The number of hydrogen-bond donors (Lipinski definition) is 1. The van der Waals surface area contributed by atoms with Crippen molar-refractivity contribution in [2.75, 3.05) is 7.05 Å². The number of aromatic nitrogens is 1. The Hall–Kier alpha value is -1.40. The summed E-state index contributed by atoms with van der Waals surface area (Å²) in [7, 11) is 1.78. The maximum atomic E-state index is 12.1. The molecule has 1 N–H and O–H groups in total. The second kappa shape index (κ2) is 6.85. The Morgan fingerprint density at radius 3 is 2.85 bits per heavy atom. The number of urea groups is 1. The standard InChI is InChI=1S/C14H16BrN3OS/c1-10(12-5-3-4-8-16-12)18(2)14(19)17-9-11-6-7-13(15)20-11/h3-8,10H,9H2,1-2H3,(H,17,19). The zero-order valence-electron chi connectivity index (χ0n) is 11.3. The zero-order chi connectivity index (χ0) is 14.5. The van der Waals surface area contributed by atoms with Crippen molar-refractivity contribution in [2.45, 2.75) is 19.5 Å². The smallest absolute Gasteiger partial charge is 0.317 e. The Balaban J connectivity index is 1.91. The Morgan fingerprint density at radius 1 is 1.45 bits per heavy atom. The third-order valence-corrected chi connectivity index (χ3v) is 4.68. The number of carbonyl (C=O) groups is 1. The van der Waals surface area contributed by atoms with E-state index in [4.69, 9.17) is 0 Å². The van der Waals surface area contributed by atoms with Gasteiger partial charge < -0.3 is 10.2 Å². The number of hydrogen-bond acceptors (Lipinski definition) is 3. The highest BCUT2D eigenvalue weighted by Crippen LogP contribution is 2.22. The van der Waals surface area contributed by atoms with Crippen LogP contribution in [0.25, 0.3) is 0 Å². The summed E-state index contributed by atoms with van der Waals surface area (Å²) in [4.78, 5) is 19.2. The topological polar surface area (TPSA) is 45.2 Å². The van der Waals surface area contributed by atoms with E-state index in [1.165, 1.54) is 0 Å². The molecule has 0 aliphatic heterocycles. The fraction of sp³-hybridized carbons (Fsp3) is 0.286. The number of nitrogens with one attached hydrogen (secondary N) is 1. The molecule has 20 heavy (non-hydrogen) atoms. The van der Waals surface area contributed by atoms with E-state index >= 15 is 0 Å². The summed E-state index contributed by atoms with van der Waals surface area (Å²) in [5.74, 6) is 0. The van der Waals surface area contributed by atoms with Crippen LogP contribution in [-0.2, 0) is 6.54 Å². The summed E-state index contributed by atoms with van der Waals surface area (Å²) in [6.07, 6.45) is 1.74. The number of thiophene rings is 1. The molecule has 0 aliphatic rings. The van der Waals surface area contributed by atoms with Gasteiger partial charge in [0, 0.05) is 18.1 Å². The number of amides is 2. The van der Waals surface area contributed by atoms with Crippen LogP contribution in [0.3, 0.4) is 0 Å². The van der Waals surface area contributed by atoms with Gasteiger partial charge in [-0.15, -0.1) is 11.3 Å². The van der Waals surface area contributed by atoms with Crippen molar-refractivity contribution in [1.29, 1.82) is 0 Å². The number of rotatable bonds is 4. The molecule has 0 radical (unpaired) electrons. The predicted octanol–water partition coefficient (Wildman–Crippen LogP) is 3.81. The van der Waals surface area contributed by atoms with Crippen LogP contribution in [0.4, 0.5) is 4.79 Å². The van der Waals surface area contributed by atoms with Gasteiger partial charge in [-0.1, -0.05) is 6.07 Å². The molecule has 2 rings (SSSR count). The zero-order valence-corrected chi connectivity index (χ0v) is 13.7. The van der Waals surface area contributed by atoms with Crippen molar-refractivity contribution in [3.8, 4) is 0 Å². The van der Waals surface area contributed by atoms with Crippen LogP contribution >= 0.6 is 27.3 Å². The quantitative estimate of drug-likeness (QED) is 0.908. The lowest BCUT2D eigenvalue weighted by Crippen LogP contribution is -2.38. The first-order chi connectivity index (χ1) is 9.58. The van der Waals surface area contributed by atoms with E-state index in [1.807, 2.05) is 37.3 Å². The van der Waals surface area contributed by atoms with E-state index in [-0.39, 0.29) is 12.1 Å². The molecular weight excluding hydrogens is 338 g/mol. The van der Waals surface area contributed by atoms with Crippen LogP contribution in [0.5, 0.6) is 0 Å². The summed E-state index contributed by atoms with van der Waals surface area (Å²) >= 11 is 5.03. The van der Waals surface area contributed by atoms with Crippen LogP contribution in [0.15, 0.2) is 40.3 Å². The summed E-state index contributed by atoms with van der Waals surface area (Å²) < 4.78 is 1.07. The van der Waals surface area contributed by atoms with Crippen LogP contribution < -0.4 is 5.32 Å². The van der Waals surface area contributed by atoms with Crippen molar-refractivity contribution in [2.24, 2.45) is 0 Å². The van der Waals surface area contributed by atoms with Gasteiger partial charge in [-0.05, 0) is 47.1 Å². The predicted molar refractivity (Wildman–Crippen MR) is 84.7 cm³/mol. The second-order valence-electron chi connectivity index (χ2n) is 4.41. The van der Waals surface area contributed by atoms with Gasteiger partial charge in [0.1, 0.15) is 0 Å². The maximum absolute atomic E-state index is 12.1. The minimum absolute atomic E-state index is 0.0636. The molecular formula is C14H16BrN3OS. The molecule has 2 aromatic rings. The first kappa shape index (κ1) is 15.0. The fourth-order valence-electron chi connectivity index (χ4n) is 1.73. The van der Waals surface area contributed by atoms with Crippen molar-refractivity contribution < 1.29 is 4.79 Å². The van der Waals surface area contributed by atoms with E-state index < -0.39 is 0 Å². The molecule has 2 amide bonds. The molecule has 0 spiro atoms. The fourth-order valence-corrected chi connectivity index (χ4v) is 3.15. The minimum Gasteiger partial charge on any atom is -0.333 e. The van der Waals surface area contributed by atoms with Crippen LogP contribution in [0.1, 0.15) is 23.5 Å². The lowest BCUT2D eigenvalue weighted by Gasteiger charge is -2.24. The van der Waals surface area contributed by atoms with Gasteiger partial charge in [0.15, 0.2) is 0 Å². The first-order valence-corrected chi connectivity index (χ1v) is 7.84. The summed E-state index contributed by atoms with van der Waals surface area (Å²) in [5.41, 5.74) is 0.879. The SMILES string of the molecule is CC(c1ccccn1)N(C)C(=O)NCc1ccc(Br)s1. The first-order valence-electron chi connectivity index (χ1n) is 6.23. The Labute approximate surface area is 131 Å². The monoisotopic (exact) mass is 353 g/mol. The summed E-state index contributed by atoms with van der Waals surface area (Å²) in [6.45, 7) is 2.50. The highest BCUT2D eigenvalue weighted by atomic mass is 79.9. The Bertz CT molecular complexity index is 573. The molecule has 0 bridgehead atoms. The van der Waals surface area contributed by atoms with Gasteiger partial charge >= 0.3 is 6.03 Å². The average molecular weight is 354 g/mol. The van der Waals surface area contributed by atoms with Gasteiger partial charge in [0.25, 0.3) is 0 Å². The lowest BCUT2D eigenvalue weighted by atomic mass is 10.2. The molecule has 1 unspecified atom stereocenters. The van der Waals surface area contributed by atoms with Crippen LogP contribution in [0, 0.1) is 0 Å². The largest absolute Gasteiger partial charge is 0.333 e. The van der Waals surface area contributed by atoms with E-state index in [1.54, 1.807) is 29.5 Å².